The predicted molar refractivity (Wildman–Crippen MR) is 88.6 cm³/mol. The second-order valence-corrected chi connectivity index (χ2v) is 7.16. The van der Waals surface area contributed by atoms with E-state index >= 15 is 0 Å². The Balaban J connectivity index is 1.52. The third-order valence-corrected chi connectivity index (χ3v) is 5.39. The normalized spacial score (nSPS) is 33.0. The molecule has 2 amide bonds. The number of hydrogen-bond donors (Lipinski definition) is 2. The highest BCUT2D eigenvalue weighted by Crippen LogP contribution is 2.35. The molecule has 0 radical (unpaired) electrons. The van der Waals surface area contributed by atoms with Crippen molar-refractivity contribution in [2.45, 2.75) is 63.2 Å². The maximum absolute atomic E-state index is 11.5. The Labute approximate surface area is 139 Å². The largest absolute Gasteiger partial charge is 0.377 e. The summed E-state index contributed by atoms with van der Waals surface area (Å²) in [4.78, 5) is 14.1. The number of amides is 2. The highest BCUT2D eigenvalue weighted by molar-refractivity contribution is 5.73. The first-order valence-electron chi connectivity index (χ1n) is 9.22. The summed E-state index contributed by atoms with van der Waals surface area (Å²) in [6, 6.07) is 0.603. The van der Waals surface area contributed by atoms with Gasteiger partial charge in [0.2, 0.25) is 0 Å². The molecular weight excluding hydrogens is 294 g/mol. The van der Waals surface area contributed by atoms with Gasteiger partial charge in [-0.3, -0.25) is 4.90 Å². The molecule has 2 aliphatic heterocycles. The Hall–Kier alpha value is -0.850. The van der Waals surface area contributed by atoms with Gasteiger partial charge in [-0.25, -0.2) is 4.79 Å². The molecule has 0 aromatic heterocycles. The molecule has 2 heterocycles. The molecule has 6 heteroatoms. The van der Waals surface area contributed by atoms with Crippen LogP contribution in [0.3, 0.4) is 0 Å². The fourth-order valence-corrected chi connectivity index (χ4v) is 4.21. The summed E-state index contributed by atoms with van der Waals surface area (Å²) < 4.78 is 12.2. The summed E-state index contributed by atoms with van der Waals surface area (Å²) in [5, 5.41) is 5.66. The fourth-order valence-electron chi connectivity index (χ4n) is 4.21. The number of nitrogens with zero attached hydrogens (tertiary/aromatic N) is 1. The first kappa shape index (κ1) is 17.0. The summed E-state index contributed by atoms with van der Waals surface area (Å²) >= 11 is 0. The van der Waals surface area contributed by atoms with E-state index in [1.165, 1.54) is 25.7 Å². The Morgan fingerprint density at radius 2 is 2.09 bits per heavy atom. The summed E-state index contributed by atoms with van der Waals surface area (Å²) in [5.41, 5.74) is -0.174. The minimum absolute atomic E-state index is 0.102. The Bertz CT molecular complexity index is 401. The van der Waals surface area contributed by atoms with Crippen LogP contribution in [0.25, 0.3) is 0 Å². The van der Waals surface area contributed by atoms with Crippen molar-refractivity contribution in [1.82, 2.24) is 15.5 Å². The van der Waals surface area contributed by atoms with E-state index in [0.717, 1.165) is 32.5 Å². The van der Waals surface area contributed by atoms with Crippen LogP contribution < -0.4 is 10.6 Å². The lowest BCUT2D eigenvalue weighted by Crippen LogP contribution is -2.48. The van der Waals surface area contributed by atoms with E-state index < -0.39 is 0 Å². The van der Waals surface area contributed by atoms with Crippen molar-refractivity contribution < 1.29 is 14.3 Å². The van der Waals surface area contributed by atoms with E-state index in [-0.39, 0.29) is 17.7 Å². The molecule has 2 atom stereocenters. The van der Waals surface area contributed by atoms with Gasteiger partial charge in [0.05, 0.1) is 19.3 Å². The van der Waals surface area contributed by atoms with Crippen molar-refractivity contribution in [1.29, 1.82) is 0 Å². The van der Waals surface area contributed by atoms with Crippen LogP contribution in [0, 0.1) is 0 Å². The van der Waals surface area contributed by atoms with Crippen molar-refractivity contribution in [3.8, 4) is 0 Å². The van der Waals surface area contributed by atoms with Crippen LogP contribution >= 0.6 is 0 Å². The molecule has 3 rings (SSSR count). The van der Waals surface area contributed by atoms with Crippen molar-refractivity contribution in [3.05, 3.63) is 0 Å². The third-order valence-electron chi connectivity index (χ3n) is 5.39. The number of carbonyl (C=O) groups is 1. The average molecular weight is 325 g/mol. The highest BCUT2D eigenvalue weighted by atomic mass is 16.6. The fraction of sp³-hybridized carbons (Fsp3) is 0.941. The van der Waals surface area contributed by atoms with Crippen LogP contribution in [-0.2, 0) is 9.47 Å². The standard InChI is InChI=1S/C17H31N3O3/c1-2-18-16(21)19-11-15-7-8-17(23-15)12-20(9-10-22-13-17)14-5-3-4-6-14/h14-15H,2-13H2,1H3,(H2,18,19,21)/t15-,17+/m0/s1. The molecule has 23 heavy (non-hydrogen) atoms. The van der Waals surface area contributed by atoms with Gasteiger partial charge in [0, 0.05) is 32.2 Å². The lowest BCUT2D eigenvalue weighted by atomic mass is 9.99. The number of rotatable bonds is 4. The van der Waals surface area contributed by atoms with Gasteiger partial charge in [0.1, 0.15) is 5.60 Å². The van der Waals surface area contributed by atoms with E-state index in [2.05, 4.69) is 15.5 Å². The number of urea groups is 1. The van der Waals surface area contributed by atoms with Gasteiger partial charge in [0.25, 0.3) is 0 Å². The van der Waals surface area contributed by atoms with E-state index in [9.17, 15) is 4.79 Å². The monoisotopic (exact) mass is 325 g/mol. The molecule has 1 spiro atoms. The minimum Gasteiger partial charge on any atom is -0.377 e. The van der Waals surface area contributed by atoms with E-state index in [4.69, 9.17) is 9.47 Å². The second-order valence-electron chi connectivity index (χ2n) is 7.16. The molecule has 3 fully saturated rings. The topological polar surface area (TPSA) is 62.8 Å². The summed E-state index contributed by atoms with van der Waals surface area (Å²) in [6.07, 6.45) is 7.47. The van der Waals surface area contributed by atoms with Gasteiger partial charge in [0.15, 0.2) is 0 Å². The predicted octanol–water partition coefficient (Wildman–Crippen LogP) is 1.50. The molecule has 0 bridgehead atoms. The number of carbonyl (C=O) groups excluding carboxylic acids is 1. The van der Waals surface area contributed by atoms with Crippen LogP contribution in [0.2, 0.25) is 0 Å². The molecular formula is C17H31N3O3. The second kappa shape index (κ2) is 7.81. The Morgan fingerprint density at radius 1 is 1.26 bits per heavy atom. The quantitative estimate of drug-likeness (QED) is 0.822. The molecule has 132 valence electrons. The zero-order valence-electron chi connectivity index (χ0n) is 14.3. The van der Waals surface area contributed by atoms with Crippen molar-refractivity contribution in [2.75, 3.05) is 39.4 Å². The number of hydrogen-bond acceptors (Lipinski definition) is 4. The lowest BCUT2D eigenvalue weighted by molar-refractivity contribution is -0.0866. The van der Waals surface area contributed by atoms with Crippen molar-refractivity contribution in [2.24, 2.45) is 0 Å². The maximum Gasteiger partial charge on any atom is 0.314 e. The van der Waals surface area contributed by atoms with Crippen molar-refractivity contribution >= 4 is 6.03 Å². The van der Waals surface area contributed by atoms with E-state index in [0.29, 0.717) is 25.7 Å². The first-order valence-corrected chi connectivity index (χ1v) is 9.22. The van der Waals surface area contributed by atoms with Crippen LogP contribution in [-0.4, -0.2) is 68.1 Å². The molecule has 1 saturated carbocycles. The van der Waals surface area contributed by atoms with Gasteiger partial charge in [-0.2, -0.15) is 0 Å². The van der Waals surface area contributed by atoms with E-state index in [1.54, 1.807) is 0 Å². The van der Waals surface area contributed by atoms with Gasteiger partial charge < -0.3 is 20.1 Å². The lowest BCUT2D eigenvalue weighted by Gasteiger charge is -2.35. The van der Waals surface area contributed by atoms with Crippen molar-refractivity contribution in [3.63, 3.8) is 0 Å². The minimum atomic E-state index is -0.174. The first-order chi connectivity index (χ1) is 11.2. The highest BCUT2D eigenvalue weighted by Gasteiger charge is 2.44. The SMILES string of the molecule is CCNC(=O)NC[C@@H]1CC[C@@]2(COCCN(C3CCCC3)C2)O1. The Kier molecular flexibility index (Phi) is 5.77. The average Bonchev–Trinajstić information content (AvgIpc) is 3.15. The van der Waals surface area contributed by atoms with Gasteiger partial charge in [-0.1, -0.05) is 12.8 Å². The molecule has 0 aromatic rings. The van der Waals surface area contributed by atoms with Crippen LogP contribution in [0.1, 0.15) is 45.4 Å². The Morgan fingerprint density at radius 3 is 2.87 bits per heavy atom. The molecule has 2 saturated heterocycles. The zero-order chi connectivity index (χ0) is 16.1. The van der Waals surface area contributed by atoms with Crippen LogP contribution in [0.5, 0.6) is 0 Å². The van der Waals surface area contributed by atoms with E-state index in [1.807, 2.05) is 6.92 Å². The molecule has 6 nitrogen and oxygen atoms in total. The number of ether oxygens (including phenoxy) is 2. The zero-order valence-corrected chi connectivity index (χ0v) is 14.3. The molecule has 1 aliphatic carbocycles. The number of nitrogens with one attached hydrogen (secondary N) is 2. The smallest absolute Gasteiger partial charge is 0.314 e. The summed E-state index contributed by atoms with van der Waals surface area (Å²) in [7, 11) is 0. The van der Waals surface area contributed by atoms with Gasteiger partial charge >= 0.3 is 6.03 Å². The third kappa shape index (κ3) is 4.37. The summed E-state index contributed by atoms with van der Waals surface area (Å²) in [6.45, 7) is 6.65. The molecule has 0 unspecified atom stereocenters. The van der Waals surface area contributed by atoms with Crippen LogP contribution in [0.4, 0.5) is 4.79 Å². The van der Waals surface area contributed by atoms with Gasteiger partial charge in [-0.05, 0) is 32.6 Å². The maximum atomic E-state index is 11.5. The molecule has 3 aliphatic rings. The van der Waals surface area contributed by atoms with Crippen LogP contribution in [0.15, 0.2) is 0 Å². The molecule has 0 aromatic carbocycles. The molecule has 2 N–H and O–H groups in total. The van der Waals surface area contributed by atoms with Gasteiger partial charge in [-0.15, -0.1) is 0 Å². The summed E-state index contributed by atoms with van der Waals surface area (Å²) in [5.74, 6) is 0.